The average molecular weight is 227 g/mol. The fourth-order valence-electron chi connectivity index (χ4n) is 1.89. The molecule has 1 heteroatoms. The molecule has 1 nitrogen and oxygen atoms in total. The minimum absolute atomic E-state index is 0.663. The lowest BCUT2D eigenvalue weighted by Gasteiger charge is -2.16. The maximum Gasteiger partial charge on any atom is 0.0492 e. The van der Waals surface area contributed by atoms with E-state index in [0.29, 0.717) is 6.04 Å². The zero-order valence-electron chi connectivity index (χ0n) is 10.7. The second-order valence-electron chi connectivity index (χ2n) is 4.68. The number of hydrogen-bond donors (Lipinski definition) is 0. The Hall–Kier alpha value is -1.42. The number of anilines is 1. The van der Waals surface area contributed by atoms with E-state index < -0.39 is 0 Å². The molecule has 0 atom stereocenters. The smallest absolute Gasteiger partial charge is 0.0492 e. The van der Waals surface area contributed by atoms with Crippen molar-refractivity contribution in [1.29, 1.82) is 0 Å². The first-order valence-electron chi connectivity index (χ1n) is 6.74. The number of unbranched alkanes of at least 4 members (excludes halogenated alkanes) is 3. The Morgan fingerprint density at radius 3 is 2.59 bits per heavy atom. The van der Waals surface area contributed by atoms with Crippen LogP contribution in [0.1, 0.15) is 45.4 Å². The summed E-state index contributed by atoms with van der Waals surface area (Å²) < 4.78 is 0. The maximum atomic E-state index is 3.34. The molecule has 0 aliphatic heterocycles. The number of benzene rings is 1. The molecule has 1 aromatic rings. The van der Waals surface area contributed by atoms with Crippen molar-refractivity contribution in [3.63, 3.8) is 0 Å². The van der Waals surface area contributed by atoms with Crippen LogP contribution in [0.5, 0.6) is 0 Å². The summed E-state index contributed by atoms with van der Waals surface area (Å²) in [7, 11) is 0. The molecule has 0 N–H and O–H groups in total. The van der Waals surface area contributed by atoms with Gasteiger partial charge in [0, 0.05) is 24.2 Å². The summed E-state index contributed by atoms with van der Waals surface area (Å²) in [5, 5.41) is 0. The van der Waals surface area contributed by atoms with Crippen LogP contribution in [0.15, 0.2) is 30.3 Å². The molecule has 0 spiro atoms. The van der Waals surface area contributed by atoms with Crippen LogP contribution in [0.2, 0.25) is 0 Å². The molecule has 1 fully saturated rings. The molecule has 1 aliphatic carbocycles. The number of para-hydroxylation sites is 1. The molecule has 0 unspecified atom stereocenters. The first-order chi connectivity index (χ1) is 8.42. The minimum Gasteiger partial charge on any atom is -0.298 e. The van der Waals surface area contributed by atoms with Gasteiger partial charge in [-0.2, -0.15) is 0 Å². The monoisotopic (exact) mass is 227 g/mol. The Balaban J connectivity index is 1.94. The van der Waals surface area contributed by atoms with Crippen molar-refractivity contribution in [2.45, 2.75) is 51.5 Å². The van der Waals surface area contributed by atoms with Crippen molar-refractivity contribution >= 4 is 5.69 Å². The molecule has 17 heavy (non-hydrogen) atoms. The van der Waals surface area contributed by atoms with Gasteiger partial charge in [-0.05, 0) is 31.4 Å². The Kier molecular flexibility index (Phi) is 4.50. The van der Waals surface area contributed by atoms with Crippen LogP contribution in [0, 0.1) is 12.0 Å². The van der Waals surface area contributed by atoms with Crippen molar-refractivity contribution in [3.05, 3.63) is 30.3 Å². The standard InChI is InChI=1S/C16H21N/c1-2-3-4-5-9-14-17(16-12-13-16)15-10-7-6-8-11-15/h6-8,10-11,16H,2-5,12-13H2,1H3. The molecule has 90 valence electrons. The van der Waals surface area contributed by atoms with E-state index in [9.17, 15) is 0 Å². The molecule has 0 saturated heterocycles. The highest BCUT2D eigenvalue weighted by Gasteiger charge is 2.28. The Morgan fingerprint density at radius 1 is 1.18 bits per heavy atom. The molecule has 1 aliphatic rings. The van der Waals surface area contributed by atoms with E-state index >= 15 is 0 Å². The second-order valence-corrected chi connectivity index (χ2v) is 4.68. The molecule has 0 bridgehead atoms. The summed E-state index contributed by atoms with van der Waals surface area (Å²) >= 11 is 0. The van der Waals surface area contributed by atoms with Crippen LogP contribution in [0.3, 0.4) is 0 Å². The van der Waals surface area contributed by atoms with Gasteiger partial charge in [-0.1, -0.05) is 43.9 Å². The van der Waals surface area contributed by atoms with Gasteiger partial charge in [-0.15, -0.1) is 0 Å². The Morgan fingerprint density at radius 2 is 1.94 bits per heavy atom. The van der Waals surface area contributed by atoms with Gasteiger partial charge in [0.25, 0.3) is 0 Å². The van der Waals surface area contributed by atoms with Crippen LogP contribution in [0.4, 0.5) is 5.69 Å². The number of hydrogen-bond acceptors (Lipinski definition) is 1. The van der Waals surface area contributed by atoms with Crippen molar-refractivity contribution in [1.82, 2.24) is 0 Å². The van der Waals surface area contributed by atoms with Gasteiger partial charge in [0.05, 0.1) is 0 Å². The molecule has 0 aromatic heterocycles. The van der Waals surface area contributed by atoms with Crippen LogP contribution in [0.25, 0.3) is 0 Å². The topological polar surface area (TPSA) is 3.24 Å². The summed E-state index contributed by atoms with van der Waals surface area (Å²) in [5.41, 5.74) is 1.25. The largest absolute Gasteiger partial charge is 0.298 e. The highest BCUT2D eigenvalue weighted by Crippen LogP contribution is 2.30. The van der Waals surface area contributed by atoms with Crippen LogP contribution in [-0.2, 0) is 0 Å². The molecule has 0 amide bonds. The molecule has 0 radical (unpaired) electrons. The van der Waals surface area contributed by atoms with Gasteiger partial charge in [0.1, 0.15) is 0 Å². The third kappa shape index (κ3) is 3.82. The highest BCUT2D eigenvalue weighted by molar-refractivity contribution is 5.53. The molecule has 0 heterocycles. The van der Waals surface area contributed by atoms with Crippen molar-refractivity contribution < 1.29 is 0 Å². The van der Waals surface area contributed by atoms with Gasteiger partial charge in [-0.3, -0.25) is 4.90 Å². The van der Waals surface area contributed by atoms with E-state index in [1.165, 1.54) is 37.8 Å². The van der Waals surface area contributed by atoms with Gasteiger partial charge >= 0.3 is 0 Å². The quantitative estimate of drug-likeness (QED) is 0.414. The zero-order valence-corrected chi connectivity index (χ0v) is 10.7. The van der Waals surface area contributed by atoms with Crippen LogP contribution in [-0.4, -0.2) is 6.04 Å². The lowest BCUT2D eigenvalue weighted by Crippen LogP contribution is -2.18. The fraction of sp³-hybridized carbons (Fsp3) is 0.500. The minimum atomic E-state index is 0.663. The summed E-state index contributed by atoms with van der Waals surface area (Å²) in [6.45, 7) is 2.23. The van der Waals surface area contributed by atoms with Crippen molar-refractivity contribution in [2.75, 3.05) is 4.90 Å². The predicted octanol–water partition coefficient (Wildman–Crippen LogP) is 4.20. The normalized spacial score (nSPS) is 13.9. The highest BCUT2D eigenvalue weighted by atomic mass is 15.2. The summed E-state index contributed by atoms with van der Waals surface area (Å²) in [5.74, 6) is 3.32. The maximum absolute atomic E-state index is 3.34. The fourth-order valence-corrected chi connectivity index (χ4v) is 1.89. The first kappa shape index (κ1) is 12.0. The van der Waals surface area contributed by atoms with Crippen molar-refractivity contribution in [2.24, 2.45) is 0 Å². The van der Waals surface area contributed by atoms with Gasteiger partial charge < -0.3 is 0 Å². The van der Waals surface area contributed by atoms with E-state index in [0.717, 1.165) is 6.42 Å². The molecule has 2 rings (SSSR count). The average Bonchev–Trinajstić information content (AvgIpc) is 3.19. The lowest BCUT2D eigenvalue weighted by molar-refractivity contribution is 0.736. The van der Waals surface area contributed by atoms with Gasteiger partial charge in [-0.25, -0.2) is 0 Å². The van der Waals surface area contributed by atoms with E-state index in [4.69, 9.17) is 0 Å². The van der Waals surface area contributed by atoms with E-state index in [2.05, 4.69) is 54.1 Å². The van der Waals surface area contributed by atoms with E-state index in [-0.39, 0.29) is 0 Å². The lowest BCUT2D eigenvalue weighted by atomic mass is 10.2. The van der Waals surface area contributed by atoms with Gasteiger partial charge in [0.2, 0.25) is 0 Å². The van der Waals surface area contributed by atoms with Crippen LogP contribution >= 0.6 is 0 Å². The van der Waals surface area contributed by atoms with E-state index in [1.54, 1.807) is 0 Å². The molecule has 1 aromatic carbocycles. The Labute approximate surface area is 105 Å². The van der Waals surface area contributed by atoms with E-state index in [1.807, 2.05) is 0 Å². The number of nitrogens with zero attached hydrogens (tertiary/aromatic N) is 1. The molecular formula is C16H21N. The predicted molar refractivity (Wildman–Crippen MR) is 73.9 cm³/mol. The van der Waals surface area contributed by atoms with Crippen molar-refractivity contribution in [3.8, 4) is 12.0 Å². The Bertz CT molecular complexity index is 381. The van der Waals surface area contributed by atoms with Gasteiger partial charge in [0.15, 0.2) is 0 Å². The number of rotatable bonds is 5. The SMILES string of the molecule is CCCCCC#CN(c1ccccc1)C1CC1. The summed E-state index contributed by atoms with van der Waals surface area (Å²) in [6.07, 6.45) is 7.41. The molecular weight excluding hydrogens is 206 g/mol. The summed E-state index contributed by atoms with van der Waals surface area (Å²) in [6, 6.07) is 14.5. The third-order valence-electron chi connectivity index (χ3n) is 3.05. The third-order valence-corrected chi connectivity index (χ3v) is 3.05. The van der Waals surface area contributed by atoms with Crippen LogP contribution < -0.4 is 4.90 Å². The first-order valence-corrected chi connectivity index (χ1v) is 6.74. The zero-order chi connectivity index (χ0) is 11.9. The molecule has 1 saturated carbocycles. The second kappa shape index (κ2) is 6.35. The summed E-state index contributed by atoms with van der Waals surface area (Å²) in [4.78, 5) is 2.26.